The maximum Gasteiger partial charge on any atom is 0.160 e. The van der Waals surface area contributed by atoms with Gasteiger partial charge in [0.05, 0.1) is 17.1 Å². The second-order valence-electron chi connectivity index (χ2n) is 13.8. The molecule has 2 heterocycles. The first-order valence-corrected chi connectivity index (χ1v) is 18.2. The molecule has 5 aromatic rings. The first kappa shape index (κ1) is 36.6. The number of hydrogen-bond donors (Lipinski definition) is 0. The summed E-state index contributed by atoms with van der Waals surface area (Å²) in [6.07, 6.45) is 18.3. The van der Waals surface area contributed by atoms with E-state index in [0.29, 0.717) is 5.82 Å². The van der Waals surface area contributed by atoms with Crippen LogP contribution < -0.4 is 0 Å². The fraction of sp³-hybridized carbons (Fsp3) is 0.140. The Balaban J connectivity index is 1.57. The molecule has 262 valence electrons. The molecule has 0 aliphatic heterocycles. The van der Waals surface area contributed by atoms with Crippen molar-refractivity contribution in [3.05, 3.63) is 199 Å². The third kappa shape index (κ3) is 7.71. The molecule has 0 spiro atoms. The summed E-state index contributed by atoms with van der Waals surface area (Å²) in [6.45, 7) is 21.2. The topological polar surface area (TPSA) is 38.7 Å². The Morgan fingerprint density at radius 1 is 0.717 bits per heavy atom. The fourth-order valence-corrected chi connectivity index (χ4v) is 6.89. The van der Waals surface area contributed by atoms with Gasteiger partial charge in [0.2, 0.25) is 0 Å². The molecule has 0 atom stereocenters. The highest BCUT2D eigenvalue weighted by Crippen LogP contribution is 2.48. The standard InChI is InChI=1S/C50H47N3/c1-9-13-20-36(11-3)47-33-48(38-21-15-14-16-22-38)53-49(52-47)42-31-40(34(5)29-44-35(6)50(7,8)45(19-10-2)43(44)12-4)30-41(32-42)37-24-26-39(27-25-37)46-23-17-18-28-51-46/h9-33H,1,4H2,2-3,5-8H3/b19-10-,20-13-,34-29+,36-11+. The zero-order valence-corrected chi connectivity index (χ0v) is 31.7. The highest BCUT2D eigenvalue weighted by atomic mass is 14.9. The summed E-state index contributed by atoms with van der Waals surface area (Å²) in [5, 5.41) is 0. The fourth-order valence-electron chi connectivity index (χ4n) is 6.89. The predicted octanol–water partition coefficient (Wildman–Crippen LogP) is 13.5. The van der Waals surface area contributed by atoms with E-state index in [1.807, 2.05) is 67.7 Å². The van der Waals surface area contributed by atoms with E-state index in [-0.39, 0.29) is 5.41 Å². The van der Waals surface area contributed by atoms with Crippen molar-refractivity contribution in [2.24, 2.45) is 5.41 Å². The molecule has 0 fully saturated rings. The third-order valence-electron chi connectivity index (χ3n) is 10.1. The Morgan fingerprint density at radius 2 is 1.42 bits per heavy atom. The summed E-state index contributed by atoms with van der Waals surface area (Å²) < 4.78 is 0. The Kier molecular flexibility index (Phi) is 11.1. The van der Waals surface area contributed by atoms with Gasteiger partial charge in [-0.25, -0.2) is 9.97 Å². The van der Waals surface area contributed by atoms with Gasteiger partial charge in [0, 0.05) is 28.3 Å². The number of aromatic nitrogens is 3. The van der Waals surface area contributed by atoms with Crippen molar-refractivity contribution in [2.45, 2.75) is 41.5 Å². The van der Waals surface area contributed by atoms with Crippen molar-refractivity contribution < 1.29 is 0 Å². The summed E-state index contributed by atoms with van der Waals surface area (Å²) in [7, 11) is 0. The normalized spacial score (nSPS) is 14.8. The first-order chi connectivity index (χ1) is 25.7. The van der Waals surface area contributed by atoms with E-state index in [2.05, 4.69) is 138 Å². The van der Waals surface area contributed by atoms with Gasteiger partial charge < -0.3 is 0 Å². The number of rotatable bonds is 11. The van der Waals surface area contributed by atoms with E-state index in [9.17, 15) is 0 Å². The molecular weight excluding hydrogens is 643 g/mol. The van der Waals surface area contributed by atoms with Crippen molar-refractivity contribution in [3.63, 3.8) is 0 Å². The molecule has 0 amide bonds. The second kappa shape index (κ2) is 16.0. The highest BCUT2D eigenvalue weighted by molar-refractivity contribution is 5.83. The lowest BCUT2D eigenvalue weighted by Gasteiger charge is -2.23. The molecule has 0 N–H and O–H groups in total. The van der Waals surface area contributed by atoms with Gasteiger partial charge in [0.25, 0.3) is 0 Å². The van der Waals surface area contributed by atoms with Crippen molar-refractivity contribution in [3.8, 4) is 45.0 Å². The maximum absolute atomic E-state index is 5.20. The van der Waals surface area contributed by atoms with E-state index in [1.165, 1.54) is 22.3 Å². The lowest BCUT2D eigenvalue weighted by molar-refractivity contribution is 0.561. The van der Waals surface area contributed by atoms with Crippen molar-refractivity contribution in [2.75, 3.05) is 0 Å². The van der Waals surface area contributed by atoms with Crippen LogP contribution >= 0.6 is 0 Å². The van der Waals surface area contributed by atoms with E-state index in [1.54, 1.807) is 6.08 Å². The van der Waals surface area contributed by atoms with Crippen LogP contribution in [0.1, 0.15) is 52.8 Å². The molecule has 0 bridgehead atoms. The summed E-state index contributed by atoms with van der Waals surface area (Å²) in [6, 6.07) is 33.7. The molecule has 0 saturated heterocycles. The van der Waals surface area contributed by atoms with Crippen LogP contribution in [0.5, 0.6) is 0 Å². The van der Waals surface area contributed by atoms with E-state index >= 15 is 0 Å². The Labute approximate surface area is 315 Å². The monoisotopic (exact) mass is 689 g/mol. The Hall–Kier alpha value is -6.19. The molecule has 3 aromatic carbocycles. The minimum Gasteiger partial charge on any atom is -0.256 e. The average molecular weight is 690 g/mol. The van der Waals surface area contributed by atoms with E-state index in [0.717, 1.165) is 61.6 Å². The molecule has 1 aliphatic rings. The van der Waals surface area contributed by atoms with Crippen LogP contribution in [0.15, 0.2) is 187 Å². The summed E-state index contributed by atoms with van der Waals surface area (Å²) >= 11 is 0. The number of pyridine rings is 1. The summed E-state index contributed by atoms with van der Waals surface area (Å²) in [5.74, 6) is 0.660. The van der Waals surface area contributed by atoms with Crippen molar-refractivity contribution in [1.82, 2.24) is 15.0 Å². The molecule has 3 heteroatoms. The first-order valence-electron chi connectivity index (χ1n) is 18.2. The van der Waals surface area contributed by atoms with Crippen LogP contribution in [-0.4, -0.2) is 15.0 Å². The van der Waals surface area contributed by atoms with Crippen molar-refractivity contribution in [1.29, 1.82) is 0 Å². The van der Waals surface area contributed by atoms with Gasteiger partial charge >= 0.3 is 0 Å². The summed E-state index contributed by atoms with van der Waals surface area (Å²) in [5.41, 5.74) is 16.0. The number of allylic oxidation sites excluding steroid dienone is 14. The molecule has 2 aromatic heterocycles. The zero-order valence-electron chi connectivity index (χ0n) is 31.7. The Morgan fingerprint density at radius 3 is 2.08 bits per heavy atom. The van der Waals surface area contributed by atoms with Gasteiger partial charge in [-0.2, -0.15) is 0 Å². The van der Waals surface area contributed by atoms with Gasteiger partial charge in [-0.05, 0) is 109 Å². The molecule has 1 aliphatic carbocycles. The van der Waals surface area contributed by atoms with Crippen LogP contribution in [-0.2, 0) is 0 Å². The molecule has 3 nitrogen and oxygen atoms in total. The minimum absolute atomic E-state index is 0.100. The number of benzene rings is 3. The number of nitrogens with zero attached hydrogens (tertiary/aromatic N) is 3. The summed E-state index contributed by atoms with van der Waals surface area (Å²) in [4.78, 5) is 15.0. The lowest BCUT2D eigenvalue weighted by Crippen LogP contribution is -2.12. The predicted molar refractivity (Wildman–Crippen MR) is 227 cm³/mol. The van der Waals surface area contributed by atoms with Crippen LogP contribution in [0.4, 0.5) is 0 Å². The average Bonchev–Trinajstić information content (AvgIpc) is 3.38. The molecular formula is C50H47N3. The lowest BCUT2D eigenvalue weighted by atomic mass is 9.80. The van der Waals surface area contributed by atoms with Crippen LogP contribution in [0, 0.1) is 5.41 Å². The maximum atomic E-state index is 5.20. The van der Waals surface area contributed by atoms with Gasteiger partial charge in [-0.3, -0.25) is 4.98 Å². The minimum atomic E-state index is -0.100. The zero-order chi connectivity index (χ0) is 37.5. The van der Waals surface area contributed by atoms with Gasteiger partial charge in [-0.15, -0.1) is 0 Å². The SMILES string of the molecule is C=C/C=C\C(=C/C)c1cc(-c2ccccc2)nc(-c2cc(/C(C)=C/C3=C(C)C(C)(C)C(/C=C\C)=C3C=C)cc(-c3ccc(-c4ccccn4)cc3)c2)n1. The second-order valence-corrected chi connectivity index (χ2v) is 13.8. The van der Waals surface area contributed by atoms with E-state index < -0.39 is 0 Å². The molecule has 0 saturated carbocycles. The smallest absolute Gasteiger partial charge is 0.160 e. The Bertz CT molecular complexity index is 2340. The van der Waals surface area contributed by atoms with Gasteiger partial charge in [0.15, 0.2) is 5.82 Å². The quantitative estimate of drug-likeness (QED) is 0.130. The van der Waals surface area contributed by atoms with Gasteiger partial charge in [0.1, 0.15) is 0 Å². The molecule has 53 heavy (non-hydrogen) atoms. The highest BCUT2D eigenvalue weighted by Gasteiger charge is 2.34. The number of hydrogen-bond acceptors (Lipinski definition) is 3. The van der Waals surface area contributed by atoms with Crippen molar-refractivity contribution >= 4 is 11.1 Å². The molecule has 6 rings (SSSR count). The van der Waals surface area contributed by atoms with Crippen LogP contribution in [0.25, 0.3) is 56.2 Å². The largest absolute Gasteiger partial charge is 0.256 e. The van der Waals surface area contributed by atoms with E-state index in [4.69, 9.17) is 9.97 Å². The molecule has 0 unspecified atom stereocenters. The molecule has 0 radical (unpaired) electrons. The van der Waals surface area contributed by atoms with Gasteiger partial charge in [-0.1, -0.05) is 142 Å². The van der Waals surface area contributed by atoms with Crippen LogP contribution in [0.3, 0.4) is 0 Å². The third-order valence-corrected chi connectivity index (χ3v) is 10.1. The van der Waals surface area contributed by atoms with Crippen LogP contribution in [0.2, 0.25) is 0 Å².